The molecule has 0 saturated carbocycles. The highest BCUT2D eigenvalue weighted by molar-refractivity contribution is 5.11. The van der Waals surface area contributed by atoms with E-state index in [4.69, 9.17) is 4.74 Å². The predicted molar refractivity (Wildman–Crippen MR) is 51.2 cm³/mol. The van der Waals surface area contributed by atoms with Crippen molar-refractivity contribution in [1.82, 2.24) is 0 Å². The van der Waals surface area contributed by atoms with Gasteiger partial charge in [0.15, 0.2) is 6.29 Å². The number of aliphatic hydroxyl groups is 1. The maximum Gasteiger partial charge on any atom is 0.155 e. The van der Waals surface area contributed by atoms with E-state index in [0.29, 0.717) is 5.92 Å². The Hall–Kier alpha value is -0.340. The number of hydrogen-bond acceptors (Lipinski definition) is 2. The van der Waals surface area contributed by atoms with Crippen molar-refractivity contribution in [3.8, 4) is 0 Å². The van der Waals surface area contributed by atoms with E-state index in [0.717, 1.165) is 25.7 Å². The third-order valence-electron chi connectivity index (χ3n) is 3.56. The summed E-state index contributed by atoms with van der Waals surface area (Å²) in [5.74, 6) is 0.492. The summed E-state index contributed by atoms with van der Waals surface area (Å²) in [7, 11) is 0. The van der Waals surface area contributed by atoms with E-state index in [1.165, 1.54) is 5.57 Å². The minimum Gasteiger partial charge on any atom is -0.368 e. The Morgan fingerprint density at radius 3 is 2.85 bits per heavy atom. The Bertz CT molecular complexity index is 234. The first kappa shape index (κ1) is 9.22. The lowest BCUT2D eigenvalue weighted by atomic mass is 9.78. The van der Waals surface area contributed by atoms with Crippen molar-refractivity contribution in [1.29, 1.82) is 0 Å². The average molecular weight is 182 g/mol. The Morgan fingerprint density at radius 2 is 2.38 bits per heavy atom. The molecule has 2 rings (SSSR count). The molecule has 1 fully saturated rings. The SMILES string of the molecule is CC1=CCC2(CC1)OC(O)CC2C. The van der Waals surface area contributed by atoms with E-state index in [1.54, 1.807) is 0 Å². The van der Waals surface area contributed by atoms with Crippen molar-refractivity contribution in [2.24, 2.45) is 5.92 Å². The quantitative estimate of drug-likeness (QED) is 0.582. The number of ether oxygens (including phenoxy) is 1. The van der Waals surface area contributed by atoms with Gasteiger partial charge in [0.2, 0.25) is 0 Å². The molecule has 13 heavy (non-hydrogen) atoms. The Kier molecular flexibility index (Phi) is 2.20. The molecule has 0 aromatic heterocycles. The molecule has 1 aliphatic heterocycles. The minimum atomic E-state index is -0.526. The van der Waals surface area contributed by atoms with Crippen molar-refractivity contribution in [3.63, 3.8) is 0 Å². The maximum absolute atomic E-state index is 9.44. The molecule has 1 spiro atoms. The normalized spacial score (nSPS) is 45.3. The Balaban J connectivity index is 2.14. The van der Waals surface area contributed by atoms with Crippen LogP contribution >= 0.6 is 0 Å². The molecule has 1 N–H and O–H groups in total. The lowest BCUT2D eigenvalue weighted by Gasteiger charge is -2.35. The first-order valence-electron chi connectivity index (χ1n) is 5.14. The van der Waals surface area contributed by atoms with Gasteiger partial charge in [-0.05, 0) is 32.1 Å². The second-order valence-corrected chi connectivity index (χ2v) is 4.53. The first-order valence-corrected chi connectivity index (χ1v) is 5.14. The van der Waals surface area contributed by atoms with Gasteiger partial charge < -0.3 is 9.84 Å². The Morgan fingerprint density at radius 1 is 1.62 bits per heavy atom. The van der Waals surface area contributed by atoms with Gasteiger partial charge in [0.05, 0.1) is 5.60 Å². The van der Waals surface area contributed by atoms with Gasteiger partial charge in [0.1, 0.15) is 0 Å². The van der Waals surface area contributed by atoms with Gasteiger partial charge in [-0.15, -0.1) is 0 Å². The van der Waals surface area contributed by atoms with Gasteiger partial charge in [-0.3, -0.25) is 0 Å². The summed E-state index contributed by atoms with van der Waals surface area (Å²) in [6.07, 6.45) is 5.72. The summed E-state index contributed by atoms with van der Waals surface area (Å²) < 4.78 is 5.66. The van der Waals surface area contributed by atoms with Gasteiger partial charge in [-0.1, -0.05) is 18.6 Å². The first-order chi connectivity index (χ1) is 6.12. The van der Waals surface area contributed by atoms with Crippen LogP contribution in [0.15, 0.2) is 11.6 Å². The highest BCUT2D eigenvalue weighted by atomic mass is 16.6. The van der Waals surface area contributed by atoms with E-state index < -0.39 is 6.29 Å². The van der Waals surface area contributed by atoms with Crippen molar-refractivity contribution in [2.75, 3.05) is 0 Å². The largest absolute Gasteiger partial charge is 0.368 e. The summed E-state index contributed by atoms with van der Waals surface area (Å²) in [6, 6.07) is 0. The second kappa shape index (κ2) is 3.10. The Labute approximate surface area is 79.6 Å². The third kappa shape index (κ3) is 1.53. The summed E-state index contributed by atoms with van der Waals surface area (Å²) in [4.78, 5) is 0. The van der Waals surface area contributed by atoms with E-state index >= 15 is 0 Å². The van der Waals surface area contributed by atoms with Gasteiger partial charge in [0.25, 0.3) is 0 Å². The van der Waals surface area contributed by atoms with Crippen LogP contribution in [0.2, 0.25) is 0 Å². The van der Waals surface area contributed by atoms with Crippen LogP contribution in [0.4, 0.5) is 0 Å². The van der Waals surface area contributed by atoms with Gasteiger partial charge >= 0.3 is 0 Å². The highest BCUT2D eigenvalue weighted by Crippen LogP contribution is 2.44. The summed E-state index contributed by atoms with van der Waals surface area (Å²) in [5, 5.41) is 9.44. The molecule has 3 unspecified atom stereocenters. The predicted octanol–water partition coefficient (Wildman–Crippen LogP) is 2.23. The second-order valence-electron chi connectivity index (χ2n) is 4.53. The van der Waals surface area contributed by atoms with Crippen molar-refractivity contribution in [3.05, 3.63) is 11.6 Å². The number of allylic oxidation sites excluding steroid dienone is 1. The molecule has 1 saturated heterocycles. The maximum atomic E-state index is 9.44. The zero-order valence-electron chi connectivity index (χ0n) is 8.42. The van der Waals surface area contributed by atoms with E-state index in [2.05, 4.69) is 19.9 Å². The molecule has 0 amide bonds. The molecule has 0 aromatic carbocycles. The molecule has 2 heteroatoms. The van der Waals surface area contributed by atoms with Crippen LogP contribution in [0, 0.1) is 5.92 Å². The van der Waals surface area contributed by atoms with Crippen LogP contribution in [0.1, 0.15) is 39.5 Å². The summed E-state index contributed by atoms with van der Waals surface area (Å²) in [6.45, 7) is 4.35. The fraction of sp³-hybridized carbons (Fsp3) is 0.818. The zero-order valence-corrected chi connectivity index (χ0v) is 8.42. The van der Waals surface area contributed by atoms with E-state index in [1.807, 2.05) is 0 Å². The highest BCUT2D eigenvalue weighted by Gasteiger charge is 2.45. The van der Waals surface area contributed by atoms with Gasteiger partial charge in [-0.2, -0.15) is 0 Å². The standard InChI is InChI=1S/C11H18O2/c1-8-3-5-11(6-4-8)9(2)7-10(12)13-11/h3,9-10,12H,4-7H2,1-2H3. The fourth-order valence-electron chi connectivity index (χ4n) is 2.47. The van der Waals surface area contributed by atoms with E-state index in [9.17, 15) is 5.11 Å². The molecular weight excluding hydrogens is 164 g/mol. The van der Waals surface area contributed by atoms with Crippen LogP contribution in [0.25, 0.3) is 0 Å². The average Bonchev–Trinajstić information content (AvgIpc) is 2.34. The summed E-state index contributed by atoms with van der Waals surface area (Å²) in [5.41, 5.74) is 1.42. The van der Waals surface area contributed by atoms with E-state index in [-0.39, 0.29) is 5.60 Å². The zero-order chi connectivity index (χ0) is 9.47. The lowest BCUT2D eigenvalue weighted by molar-refractivity contribution is -0.145. The van der Waals surface area contributed by atoms with Crippen molar-refractivity contribution in [2.45, 2.75) is 51.4 Å². The molecule has 2 nitrogen and oxygen atoms in total. The van der Waals surface area contributed by atoms with Crippen LogP contribution in [0.3, 0.4) is 0 Å². The smallest absolute Gasteiger partial charge is 0.155 e. The number of rotatable bonds is 0. The van der Waals surface area contributed by atoms with Crippen molar-refractivity contribution < 1.29 is 9.84 Å². The topological polar surface area (TPSA) is 29.5 Å². The van der Waals surface area contributed by atoms with Crippen LogP contribution in [0.5, 0.6) is 0 Å². The third-order valence-corrected chi connectivity index (χ3v) is 3.56. The number of aliphatic hydroxyl groups excluding tert-OH is 1. The number of hydrogen-bond donors (Lipinski definition) is 1. The van der Waals surface area contributed by atoms with Gasteiger partial charge in [-0.25, -0.2) is 0 Å². The monoisotopic (exact) mass is 182 g/mol. The molecule has 1 heterocycles. The van der Waals surface area contributed by atoms with Crippen LogP contribution in [-0.4, -0.2) is 17.0 Å². The van der Waals surface area contributed by atoms with Crippen molar-refractivity contribution >= 4 is 0 Å². The van der Waals surface area contributed by atoms with Crippen LogP contribution < -0.4 is 0 Å². The van der Waals surface area contributed by atoms with Crippen LogP contribution in [-0.2, 0) is 4.74 Å². The van der Waals surface area contributed by atoms with Gasteiger partial charge in [0, 0.05) is 6.42 Å². The molecule has 3 atom stereocenters. The molecule has 74 valence electrons. The molecule has 2 aliphatic rings. The lowest BCUT2D eigenvalue weighted by Crippen LogP contribution is -2.35. The summed E-state index contributed by atoms with van der Waals surface area (Å²) >= 11 is 0. The molecule has 0 aromatic rings. The molecular formula is C11H18O2. The fourth-order valence-corrected chi connectivity index (χ4v) is 2.47. The molecule has 0 radical (unpaired) electrons. The minimum absolute atomic E-state index is 0.0427. The molecule has 0 bridgehead atoms. The molecule has 1 aliphatic carbocycles.